The average molecular weight is 400 g/mol. The van der Waals surface area contributed by atoms with Gasteiger partial charge in [0.05, 0.1) is 0 Å². The third-order valence-electron chi connectivity index (χ3n) is 3.22. The van der Waals surface area contributed by atoms with Crippen LogP contribution >= 0.6 is 22.6 Å². The number of benzene rings is 2. The smallest absolute Gasteiger partial charge is 0.185 e. The second-order valence-corrected chi connectivity index (χ2v) is 5.91. The van der Waals surface area contributed by atoms with Crippen molar-refractivity contribution >= 4 is 34.5 Å². The molecule has 0 fully saturated rings. The van der Waals surface area contributed by atoms with Crippen molar-refractivity contribution in [1.82, 2.24) is 0 Å². The Labute approximate surface area is 142 Å². The average Bonchev–Trinajstić information content (AvgIpc) is 3.02. The number of allylic oxidation sites excluding steroid dienone is 1. The highest BCUT2D eigenvalue weighted by molar-refractivity contribution is 14.1. The molecule has 1 aromatic heterocycles. The minimum atomic E-state index is -0.0344. The number of furan rings is 1. The van der Waals surface area contributed by atoms with Gasteiger partial charge in [0.2, 0.25) is 0 Å². The first-order chi connectivity index (χ1) is 10.7. The van der Waals surface area contributed by atoms with Crippen LogP contribution in [-0.4, -0.2) is 5.78 Å². The molecule has 1 heterocycles. The maximum atomic E-state index is 12.0. The van der Waals surface area contributed by atoms with E-state index >= 15 is 0 Å². The number of rotatable bonds is 4. The molecule has 0 atom stereocenters. The van der Waals surface area contributed by atoms with E-state index in [1.807, 2.05) is 54.6 Å². The molecule has 0 saturated heterocycles. The van der Waals surface area contributed by atoms with E-state index in [4.69, 9.17) is 4.42 Å². The molecule has 2 nitrogen and oxygen atoms in total. The van der Waals surface area contributed by atoms with Gasteiger partial charge in [0, 0.05) is 14.7 Å². The van der Waals surface area contributed by atoms with E-state index in [0.717, 1.165) is 14.9 Å². The maximum absolute atomic E-state index is 12.0. The number of hydrogen-bond donors (Lipinski definition) is 0. The largest absolute Gasteiger partial charge is 0.457 e. The van der Waals surface area contributed by atoms with Crippen LogP contribution in [0.5, 0.6) is 0 Å². The van der Waals surface area contributed by atoms with Crippen LogP contribution in [0.3, 0.4) is 0 Å². The fourth-order valence-corrected chi connectivity index (χ4v) is 2.76. The van der Waals surface area contributed by atoms with Crippen molar-refractivity contribution in [3.05, 3.63) is 87.7 Å². The van der Waals surface area contributed by atoms with Gasteiger partial charge in [-0.2, -0.15) is 0 Å². The summed E-state index contributed by atoms with van der Waals surface area (Å²) in [6, 6.07) is 21.0. The van der Waals surface area contributed by atoms with Gasteiger partial charge in [-0.05, 0) is 52.9 Å². The number of halogens is 1. The Morgan fingerprint density at radius 3 is 2.41 bits per heavy atom. The Morgan fingerprint density at radius 2 is 1.64 bits per heavy atom. The number of ketones is 1. The van der Waals surface area contributed by atoms with Crippen LogP contribution in [0, 0.1) is 3.57 Å². The summed E-state index contributed by atoms with van der Waals surface area (Å²) in [5.41, 5.74) is 1.72. The van der Waals surface area contributed by atoms with Crippen LogP contribution in [0.25, 0.3) is 17.4 Å². The molecule has 3 aromatic rings. The Bertz CT molecular complexity index is 816. The molecule has 0 aliphatic rings. The summed E-state index contributed by atoms with van der Waals surface area (Å²) >= 11 is 2.28. The van der Waals surface area contributed by atoms with Crippen LogP contribution in [-0.2, 0) is 0 Å². The van der Waals surface area contributed by atoms with Crippen LogP contribution in [0.15, 0.2) is 77.2 Å². The van der Waals surface area contributed by atoms with Crippen molar-refractivity contribution in [2.24, 2.45) is 0 Å². The van der Waals surface area contributed by atoms with Gasteiger partial charge in [-0.25, -0.2) is 0 Å². The third-order valence-corrected chi connectivity index (χ3v) is 4.16. The highest BCUT2D eigenvalue weighted by Crippen LogP contribution is 2.27. The molecule has 3 rings (SSSR count). The molecule has 0 amide bonds. The molecule has 0 radical (unpaired) electrons. The van der Waals surface area contributed by atoms with Crippen molar-refractivity contribution in [3.63, 3.8) is 0 Å². The van der Waals surface area contributed by atoms with Crippen LogP contribution in [0.1, 0.15) is 16.1 Å². The van der Waals surface area contributed by atoms with Crippen molar-refractivity contribution in [2.75, 3.05) is 0 Å². The Hall–Kier alpha value is -2.14. The number of hydrogen-bond acceptors (Lipinski definition) is 2. The highest BCUT2D eigenvalue weighted by Gasteiger charge is 2.07. The normalized spacial score (nSPS) is 11.0. The molecule has 0 aliphatic carbocycles. The van der Waals surface area contributed by atoms with E-state index in [1.165, 1.54) is 6.08 Å². The van der Waals surface area contributed by atoms with Gasteiger partial charge in [-0.3, -0.25) is 4.79 Å². The second-order valence-electron chi connectivity index (χ2n) is 4.75. The summed E-state index contributed by atoms with van der Waals surface area (Å²) < 4.78 is 6.92. The summed E-state index contributed by atoms with van der Waals surface area (Å²) in [7, 11) is 0. The second kappa shape index (κ2) is 6.75. The van der Waals surface area contributed by atoms with E-state index in [2.05, 4.69) is 22.6 Å². The van der Waals surface area contributed by atoms with Crippen molar-refractivity contribution < 1.29 is 9.21 Å². The van der Waals surface area contributed by atoms with Crippen molar-refractivity contribution in [1.29, 1.82) is 0 Å². The molecule has 0 N–H and O–H groups in total. The van der Waals surface area contributed by atoms with Gasteiger partial charge in [0.1, 0.15) is 11.5 Å². The molecular formula is C19H13IO2. The monoisotopic (exact) mass is 400 g/mol. The first-order valence-corrected chi connectivity index (χ1v) is 7.94. The standard InChI is InChI=1S/C19H13IO2/c20-17-9-5-4-8-16(17)19-13-11-15(22-19)10-12-18(21)14-6-2-1-3-7-14/h1-13H/b12-10+. The number of carbonyl (C=O) groups is 1. The zero-order valence-electron chi connectivity index (χ0n) is 11.7. The predicted molar refractivity (Wildman–Crippen MR) is 96.7 cm³/mol. The molecule has 0 spiro atoms. The molecule has 0 bridgehead atoms. The lowest BCUT2D eigenvalue weighted by Crippen LogP contribution is -1.92. The Kier molecular flexibility index (Phi) is 4.53. The Balaban J connectivity index is 1.79. The summed E-state index contributed by atoms with van der Waals surface area (Å²) in [5, 5.41) is 0. The highest BCUT2D eigenvalue weighted by atomic mass is 127. The number of carbonyl (C=O) groups excluding carboxylic acids is 1. The summed E-state index contributed by atoms with van der Waals surface area (Å²) in [6.07, 6.45) is 3.24. The Morgan fingerprint density at radius 1 is 0.909 bits per heavy atom. The SMILES string of the molecule is O=C(/C=C/c1ccc(-c2ccccc2I)o1)c1ccccc1. The van der Waals surface area contributed by atoms with Crippen LogP contribution in [0.2, 0.25) is 0 Å². The first-order valence-electron chi connectivity index (χ1n) is 6.86. The van der Waals surface area contributed by atoms with Crippen LogP contribution < -0.4 is 0 Å². The minimum Gasteiger partial charge on any atom is -0.457 e. The van der Waals surface area contributed by atoms with E-state index < -0.39 is 0 Å². The minimum absolute atomic E-state index is 0.0344. The third kappa shape index (κ3) is 3.36. The zero-order chi connectivity index (χ0) is 15.4. The fraction of sp³-hybridized carbons (Fsp3) is 0. The quantitative estimate of drug-likeness (QED) is 0.331. The van der Waals surface area contributed by atoms with Gasteiger partial charge < -0.3 is 4.42 Å². The molecule has 108 valence electrons. The maximum Gasteiger partial charge on any atom is 0.185 e. The van der Waals surface area contributed by atoms with Gasteiger partial charge in [0.15, 0.2) is 5.78 Å². The topological polar surface area (TPSA) is 30.2 Å². The van der Waals surface area contributed by atoms with E-state index in [-0.39, 0.29) is 5.78 Å². The molecule has 0 aliphatic heterocycles. The summed E-state index contributed by atoms with van der Waals surface area (Å²) in [6.45, 7) is 0. The fourth-order valence-electron chi connectivity index (χ4n) is 2.10. The van der Waals surface area contributed by atoms with Gasteiger partial charge in [-0.1, -0.05) is 48.5 Å². The van der Waals surface area contributed by atoms with Crippen LogP contribution in [0.4, 0.5) is 0 Å². The van der Waals surface area contributed by atoms with E-state index in [0.29, 0.717) is 11.3 Å². The molecule has 2 aromatic carbocycles. The zero-order valence-corrected chi connectivity index (χ0v) is 13.9. The predicted octanol–water partition coefficient (Wildman–Crippen LogP) is 5.45. The van der Waals surface area contributed by atoms with E-state index in [9.17, 15) is 4.79 Å². The van der Waals surface area contributed by atoms with Gasteiger partial charge in [0.25, 0.3) is 0 Å². The summed E-state index contributed by atoms with van der Waals surface area (Å²) in [5.74, 6) is 1.43. The first kappa shape index (κ1) is 14.8. The van der Waals surface area contributed by atoms with Crippen molar-refractivity contribution in [2.45, 2.75) is 0 Å². The van der Waals surface area contributed by atoms with E-state index in [1.54, 1.807) is 18.2 Å². The lowest BCUT2D eigenvalue weighted by atomic mass is 10.1. The molecule has 22 heavy (non-hydrogen) atoms. The summed E-state index contributed by atoms with van der Waals surface area (Å²) in [4.78, 5) is 12.0. The lowest BCUT2D eigenvalue weighted by molar-refractivity contribution is 0.104. The molecule has 0 unspecified atom stereocenters. The molecule has 3 heteroatoms. The lowest BCUT2D eigenvalue weighted by Gasteiger charge is -1.99. The molecule has 0 saturated carbocycles. The molecular weight excluding hydrogens is 387 g/mol. The van der Waals surface area contributed by atoms with Gasteiger partial charge in [-0.15, -0.1) is 0 Å². The van der Waals surface area contributed by atoms with Crippen molar-refractivity contribution in [3.8, 4) is 11.3 Å². The van der Waals surface area contributed by atoms with Gasteiger partial charge >= 0.3 is 0 Å².